The van der Waals surface area contributed by atoms with Crippen molar-refractivity contribution in [3.63, 3.8) is 0 Å². The predicted octanol–water partition coefficient (Wildman–Crippen LogP) is 2.82. The zero-order chi connectivity index (χ0) is 36.5. The van der Waals surface area contributed by atoms with Crippen LogP contribution in [-0.4, -0.2) is 75.3 Å². The van der Waals surface area contributed by atoms with Crippen molar-refractivity contribution in [2.24, 2.45) is 0 Å². The molecule has 4 aromatic carbocycles. The van der Waals surface area contributed by atoms with Crippen LogP contribution in [0.5, 0.6) is 5.75 Å². The van der Waals surface area contributed by atoms with E-state index in [4.69, 9.17) is 4.74 Å². The zero-order valence-corrected chi connectivity index (χ0v) is 28.5. The number of fused-ring (bicyclic) bond motifs is 14. The molecule has 266 valence electrons. The Labute approximate surface area is 300 Å². The van der Waals surface area contributed by atoms with Crippen LogP contribution in [0, 0.1) is 0 Å². The molecule has 0 fully saturated rings. The Morgan fingerprint density at radius 1 is 0.865 bits per heavy atom. The van der Waals surface area contributed by atoms with Crippen LogP contribution in [-0.2, 0) is 27.3 Å². The van der Waals surface area contributed by atoms with E-state index in [0.717, 1.165) is 11.1 Å². The number of aromatic nitrogens is 3. The number of amides is 4. The average Bonchev–Trinajstić information content (AvgIpc) is 3.60. The number of hydrogen-bond donors (Lipinski definition) is 5. The highest BCUT2D eigenvalue weighted by atomic mass is 16.5. The van der Waals surface area contributed by atoms with Crippen molar-refractivity contribution in [2.75, 3.05) is 19.8 Å². The van der Waals surface area contributed by atoms with Gasteiger partial charge in [0.25, 0.3) is 5.91 Å². The second-order valence-electron chi connectivity index (χ2n) is 12.3. The first-order valence-electron chi connectivity index (χ1n) is 16.9. The monoisotopic (exact) mass is 701 g/mol. The fourth-order valence-corrected chi connectivity index (χ4v) is 5.78. The molecule has 0 unspecified atom stereocenters. The molecule has 1 aromatic heterocycles. The van der Waals surface area contributed by atoms with Gasteiger partial charge in [-0.1, -0.05) is 84.9 Å². The minimum atomic E-state index is -1.37. The summed E-state index contributed by atoms with van der Waals surface area (Å²) >= 11 is 0. The lowest BCUT2D eigenvalue weighted by Gasteiger charge is -2.24. The van der Waals surface area contributed by atoms with Crippen LogP contribution in [0.25, 0.3) is 22.5 Å². The molecule has 4 amide bonds. The lowest BCUT2D eigenvalue weighted by atomic mass is 10.0. The molecule has 5 aromatic rings. The number of carbonyl (C=O) groups is 4. The van der Waals surface area contributed by atoms with E-state index in [1.807, 2.05) is 66.7 Å². The molecule has 3 atom stereocenters. The molecule has 0 aliphatic carbocycles. The van der Waals surface area contributed by atoms with Gasteiger partial charge in [-0.05, 0) is 47.9 Å². The number of benzene rings is 4. The average molecular weight is 702 g/mol. The fourth-order valence-electron chi connectivity index (χ4n) is 5.78. The molecule has 5 N–H and O–H groups in total. The first-order chi connectivity index (χ1) is 25.3. The minimum absolute atomic E-state index is 0.0772. The van der Waals surface area contributed by atoms with Gasteiger partial charge >= 0.3 is 0 Å². The van der Waals surface area contributed by atoms with Crippen LogP contribution >= 0.6 is 0 Å². The third kappa shape index (κ3) is 8.87. The lowest BCUT2D eigenvalue weighted by Crippen LogP contribution is -2.55. The Bertz CT molecular complexity index is 2020. The molecule has 0 radical (unpaired) electrons. The van der Waals surface area contributed by atoms with Gasteiger partial charge in [-0.3, -0.25) is 19.2 Å². The number of nitrogens with one attached hydrogen (secondary N) is 4. The highest BCUT2D eigenvalue weighted by molar-refractivity contribution is 5.99. The maximum absolute atomic E-state index is 13.8. The van der Waals surface area contributed by atoms with E-state index in [1.54, 1.807) is 49.4 Å². The van der Waals surface area contributed by atoms with E-state index in [0.29, 0.717) is 34.1 Å². The van der Waals surface area contributed by atoms with Crippen molar-refractivity contribution in [1.29, 1.82) is 0 Å². The maximum atomic E-state index is 13.8. The van der Waals surface area contributed by atoms with Crippen molar-refractivity contribution in [3.8, 4) is 28.3 Å². The molecule has 2 bridgehead atoms. The molecule has 52 heavy (non-hydrogen) atoms. The molecule has 2 aliphatic rings. The largest absolute Gasteiger partial charge is 0.492 e. The molecular formula is C39H39N7O6. The van der Waals surface area contributed by atoms with Gasteiger partial charge in [-0.2, -0.15) is 5.10 Å². The number of aliphatic hydroxyl groups is 1. The van der Waals surface area contributed by atoms with Crippen LogP contribution in [0.4, 0.5) is 0 Å². The van der Waals surface area contributed by atoms with Gasteiger partial charge in [0, 0.05) is 17.5 Å². The Hall–Kier alpha value is -6.34. The molecular weight excluding hydrogens is 662 g/mol. The summed E-state index contributed by atoms with van der Waals surface area (Å²) in [5.41, 5.74) is 3.54. The first kappa shape index (κ1) is 35.5. The molecule has 3 heterocycles. The van der Waals surface area contributed by atoms with Crippen LogP contribution in [0.15, 0.2) is 109 Å². The van der Waals surface area contributed by atoms with Crippen LogP contribution in [0.1, 0.15) is 34.7 Å². The Morgan fingerprint density at radius 2 is 1.56 bits per heavy atom. The predicted molar refractivity (Wildman–Crippen MR) is 193 cm³/mol. The lowest BCUT2D eigenvalue weighted by molar-refractivity contribution is -0.131. The number of nitrogens with zero attached hydrogens (tertiary/aromatic N) is 3. The second-order valence-corrected chi connectivity index (χ2v) is 12.3. The topological polar surface area (TPSA) is 177 Å². The molecule has 0 saturated heterocycles. The molecule has 7 rings (SSSR count). The van der Waals surface area contributed by atoms with E-state index < -0.39 is 42.5 Å². The summed E-state index contributed by atoms with van der Waals surface area (Å²) in [4.78, 5) is 58.5. The van der Waals surface area contributed by atoms with Crippen molar-refractivity contribution in [3.05, 3.63) is 126 Å². The molecule has 13 heteroatoms. The second kappa shape index (κ2) is 16.6. The highest BCUT2D eigenvalue weighted by Crippen LogP contribution is 2.21. The number of hydrogen-bond acceptors (Lipinski definition) is 8. The summed E-state index contributed by atoms with van der Waals surface area (Å²) in [6, 6.07) is 29.6. The molecule has 0 spiro atoms. The number of ether oxygens (including phenoxy) is 1. The highest BCUT2D eigenvalue weighted by Gasteiger charge is 2.29. The third-order valence-corrected chi connectivity index (χ3v) is 8.50. The molecule has 0 saturated carbocycles. The van der Waals surface area contributed by atoms with E-state index in [1.165, 1.54) is 4.68 Å². The van der Waals surface area contributed by atoms with Gasteiger partial charge in [-0.25, -0.2) is 9.67 Å². The van der Waals surface area contributed by atoms with Gasteiger partial charge < -0.3 is 31.1 Å². The maximum Gasteiger partial charge on any atom is 0.251 e. The SMILES string of the molecule is C[C@@H]1NC(=O)[C@H](CO)NC(=O)[C@@H](NC(=O)c2cccc(-c3ccccc3)c2)Cc2ccc(cc2)OCCNC(=O)Cn2nc(-c3ccccc3)nc21. The van der Waals surface area contributed by atoms with E-state index >= 15 is 0 Å². The molecule has 13 nitrogen and oxygen atoms in total. The summed E-state index contributed by atoms with van der Waals surface area (Å²) in [5.74, 6) is -0.991. The van der Waals surface area contributed by atoms with Crippen molar-refractivity contribution >= 4 is 23.6 Å². The normalized spacial score (nSPS) is 18.6. The van der Waals surface area contributed by atoms with E-state index in [2.05, 4.69) is 31.3 Å². The first-order valence-corrected chi connectivity index (χ1v) is 16.9. The summed E-state index contributed by atoms with van der Waals surface area (Å²) in [6.45, 7) is 1.18. The summed E-state index contributed by atoms with van der Waals surface area (Å²) in [6.07, 6.45) is 0.0772. The smallest absolute Gasteiger partial charge is 0.251 e. The van der Waals surface area contributed by atoms with Crippen molar-refractivity contribution in [1.82, 2.24) is 36.0 Å². The van der Waals surface area contributed by atoms with E-state index in [-0.39, 0.29) is 32.0 Å². The van der Waals surface area contributed by atoms with Crippen LogP contribution in [0.3, 0.4) is 0 Å². The quantitative estimate of drug-likeness (QED) is 0.186. The van der Waals surface area contributed by atoms with Gasteiger partial charge in [0.2, 0.25) is 17.7 Å². The summed E-state index contributed by atoms with van der Waals surface area (Å²) in [7, 11) is 0. The van der Waals surface area contributed by atoms with Gasteiger partial charge in [0.05, 0.1) is 19.2 Å². The van der Waals surface area contributed by atoms with Gasteiger partial charge in [-0.15, -0.1) is 0 Å². The molecule has 2 aliphatic heterocycles. The Kier molecular flexibility index (Phi) is 11.3. The number of carbonyl (C=O) groups excluding carboxylic acids is 4. The Balaban J connectivity index is 1.27. The van der Waals surface area contributed by atoms with Crippen molar-refractivity contribution < 1.29 is 29.0 Å². The summed E-state index contributed by atoms with van der Waals surface area (Å²) < 4.78 is 7.23. The van der Waals surface area contributed by atoms with E-state index in [9.17, 15) is 24.3 Å². The van der Waals surface area contributed by atoms with Crippen molar-refractivity contribution in [2.45, 2.75) is 38.0 Å². The van der Waals surface area contributed by atoms with Gasteiger partial charge in [0.15, 0.2) is 5.82 Å². The number of aliphatic hydroxyl groups excluding tert-OH is 1. The Morgan fingerprint density at radius 3 is 2.27 bits per heavy atom. The van der Waals surface area contributed by atoms with Crippen LogP contribution in [0.2, 0.25) is 0 Å². The van der Waals surface area contributed by atoms with Gasteiger partial charge in [0.1, 0.15) is 36.8 Å². The fraction of sp³-hybridized carbons (Fsp3) is 0.231. The minimum Gasteiger partial charge on any atom is -0.492 e. The number of rotatable bonds is 5. The standard InChI is InChI=1S/C39H39N7O6/c1-25-36-44-35(28-11-6-3-7-12-28)45-46(36)23-34(48)40-19-20-52-31-17-15-26(16-18-31)21-32(38(50)43-33(24-47)39(51)41-25)42-37(49)30-14-8-13-29(22-30)27-9-4-2-5-10-27/h2-18,22,25,32-33,47H,19-21,23-24H2,1H3,(H,40,48)(H,41,51)(H,42,49)(H,43,50)/t25-,32-,33-/m0/s1. The summed E-state index contributed by atoms with van der Waals surface area (Å²) in [5, 5.41) is 25.8. The van der Waals surface area contributed by atoms with Crippen LogP contribution < -0.4 is 26.0 Å². The zero-order valence-electron chi connectivity index (χ0n) is 28.5. The third-order valence-electron chi connectivity index (χ3n) is 8.50.